The molecule has 5 nitrogen and oxygen atoms in total. The van der Waals surface area contributed by atoms with Crippen LogP contribution in [0.5, 0.6) is 0 Å². The van der Waals surface area contributed by atoms with Crippen molar-refractivity contribution >= 4 is 15.4 Å². The zero-order chi connectivity index (χ0) is 12.0. The van der Waals surface area contributed by atoms with E-state index in [9.17, 15) is 0 Å². The van der Waals surface area contributed by atoms with Crippen LogP contribution in [0.15, 0.2) is 0 Å². The molecule has 0 aromatic carbocycles. The molecule has 0 spiro atoms. The quantitative estimate of drug-likeness (QED) is 0.317. The van der Waals surface area contributed by atoms with Crippen molar-refractivity contribution in [3.05, 3.63) is 38.5 Å². The third-order valence-corrected chi connectivity index (χ3v) is 0. The Morgan fingerprint density at radius 3 is 0.462 bits per heavy atom. The summed E-state index contributed by atoms with van der Waals surface area (Å²) in [6.07, 6.45) is 0. The third-order valence-electron chi connectivity index (χ3n) is 0. The van der Waals surface area contributed by atoms with Gasteiger partial charge in [-0.1, -0.05) is 0 Å². The van der Waals surface area contributed by atoms with Crippen LogP contribution in [-0.2, 0) is 40.6 Å². The van der Waals surface area contributed by atoms with Gasteiger partial charge >= 0.3 is 77.1 Å². The van der Waals surface area contributed by atoms with E-state index in [1.165, 1.54) is 0 Å². The molecule has 0 saturated carbocycles. The molecule has 0 fully saturated rings. The van der Waals surface area contributed by atoms with Crippen LogP contribution in [0.25, 0.3) is 0 Å². The van der Waals surface area contributed by atoms with Gasteiger partial charge in [-0.3, -0.25) is 0 Å². The summed E-state index contributed by atoms with van der Waals surface area (Å²) >= 11 is 1.56. The van der Waals surface area contributed by atoms with Gasteiger partial charge in [-0.25, -0.2) is 0 Å². The summed E-state index contributed by atoms with van der Waals surface area (Å²) in [6, 6.07) is 0. The van der Waals surface area contributed by atoms with E-state index in [0.717, 1.165) is 0 Å². The molecule has 0 atom stereocenters. The standard InChI is InChI=1S/5CO.CHSe.Cr/c6*1-2;/h;;;;;2H;/q;;;;;-1;. The summed E-state index contributed by atoms with van der Waals surface area (Å²) in [5, 5.41) is 5.69. The van der Waals surface area contributed by atoms with E-state index in [-0.39, 0.29) is 17.4 Å². The van der Waals surface area contributed by atoms with Gasteiger partial charge in [-0.15, -0.1) is 0 Å². The summed E-state index contributed by atoms with van der Waals surface area (Å²) in [4.78, 5) is 0. The van der Waals surface area contributed by atoms with Crippen molar-refractivity contribution in [2.45, 2.75) is 0 Å². The molecule has 0 aromatic rings. The van der Waals surface area contributed by atoms with Crippen molar-refractivity contribution in [3.63, 3.8) is 0 Å². The first-order chi connectivity index (χ1) is 6.00. The molecule has 0 rings (SSSR count). The first kappa shape index (κ1) is 54.5. The van der Waals surface area contributed by atoms with Crippen LogP contribution in [0.4, 0.5) is 0 Å². The Bertz CT molecular complexity index is 96.0. The molecular weight excluding hydrogens is 283 g/mol. The second-order valence-electron chi connectivity index (χ2n) is 0. The van der Waals surface area contributed by atoms with Crippen LogP contribution >= 0.6 is 0 Å². The predicted octanol–water partition coefficient (Wildman–Crippen LogP) is -0.757. The van der Waals surface area contributed by atoms with Gasteiger partial charge in [-0.05, 0) is 0 Å². The van der Waals surface area contributed by atoms with Gasteiger partial charge in [0.25, 0.3) is 0 Å². The van der Waals surface area contributed by atoms with Crippen molar-refractivity contribution in [1.29, 1.82) is 0 Å². The molecule has 7 heteroatoms. The molecular formula is C6HCrO5Se-. The van der Waals surface area contributed by atoms with Crippen LogP contribution in [0.1, 0.15) is 0 Å². The summed E-state index contributed by atoms with van der Waals surface area (Å²) in [6.45, 7) is 22.5. The second-order valence-corrected chi connectivity index (χ2v) is 0. The van der Waals surface area contributed by atoms with Crippen molar-refractivity contribution in [2.24, 2.45) is 0 Å². The Kier molecular flexibility index (Phi) is 24500. The number of hydrogen-bond acceptors (Lipinski definition) is 0. The van der Waals surface area contributed by atoms with E-state index < -0.39 is 0 Å². The smallest absolute Gasteiger partial charge is 0 e. The molecule has 0 saturated heterocycles. The molecule has 0 bridgehead atoms. The fraction of sp³-hybridized carbons (Fsp3) is 0. The molecule has 68 valence electrons. The SMILES string of the molecule is [C-]#[O+].[C-]#[O+].[C-]#[O+].[C-]#[O+].[C-]#[O+].[C-]#[SeH].[Cr]. The van der Waals surface area contributed by atoms with Crippen LogP contribution in [0.3, 0.4) is 0 Å². The van der Waals surface area contributed by atoms with Gasteiger partial charge in [0.2, 0.25) is 0 Å². The van der Waals surface area contributed by atoms with E-state index in [1.54, 1.807) is 15.4 Å². The molecule has 0 radical (unpaired) electrons. The molecule has 0 aliphatic rings. The molecule has 0 N–H and O–H groups in total. The summed E-state index contributed by atoms with van der Waals surface area (Å²) in [7, 11) is 0. The van der Waals surface area contributed by atoms with Gasteiger partial charge in [-0.2, -0.15) is 0 Å². The van der Waals surface area contributed by atoms with E-state index in [0.29, 0.717) is 0 Å². The fourth-order valence-corrected chi connectivity index (χ4v) is 0. The minimum atomic E-state index is 0. The summed E-state index contributed by atoms with van der Waals surface area (Å²) < 4.78 is 37.5. The van der Waals surface area contributed by atoms with E-state index >= 15 is 0 Å². The molecule has 0 unspecified atom stereocenters. The maximum Gasteiger partial charge on any atom is 0 e. The molecule has 13 heavy (non-hydrogen) atoms. The average Bonchev–Trinajstić information content (AvgIpc) is 2.33. The first-order valence-electron chi connectivity index (χ1n) is 1.24. The second kappa shape index (κ2) is 5840. The van der Waals surface area contributed by atoms with Gasteiger partial charge in [0.05, 0.1) is 0 Å². The van der Waals surface area contributed by atoms with E-state index in [1.807, 2.05) is 0 Å². The number of rotatable bonds is 0. The largest absolute Gasteiger partial charge is 0 e. The minimum Gasteiger partial charge on any atom is 0 e. The van der Waals surface area contributed by atoms with Crippen molar-refractivity contribution in [3.8, 4) is 0 Å². The van der Waals surface area contributed by atoms with Crippen LogP contribution in [-0.4, -0.2) is 15.4 Å². The third kappa shape index (κ3) is 4780. The zero-order valence-electron chi connectivity index (χ0n) is 5.90. The Morgan fingerprint density at radius 2 is 0.462 bits per heavy atom. The van der Waals surface area contributed by atoms with Gasteiger partial charge in [0.15, 0.2) is 0 Å². The monoisotopic (exact) mass is 285 g/mol. The Morgan fingerprint density at radius 1 is 0.462 bits per heavy atom. The summed E-state index contributed by atoms with van der Waals surface area (Å²) in [5.41, 5.74) is 0. The molecule has 0 aliphatic heterocycles. The average molecular weight is 284 g/mol. The first-order valence-corrected chi connectivity index (χ1v) is 2.18. The Labute approximate surface area is 94.6 Å². The van der Waals surface area contributed by atoms with E-state index in [4.69, 9.17) is 28.5 Å². The van der Waals surface area contributed by atoms with Crippen LogP contribution in [0, 0.1) is 38.5 Å². The van der Waals surface area contributed by atoms with Gasteiger partial charge in [0, 0.05) is 17.4 Å². The van der Waals surface area contributed by atoms with Gasteiger partial charge in [0.1, 0.15) is 0 Å². The number of hydrogen-bond donors (Lipinski definition) is 0. The Balaban J connectivity index is -0.00000000655. The minimum absolute atomic E-state index is 0. The Hall–Kier alpha value is -0.468. The molecule has 0 aromatic heterocycles. The van der Waals surface area contributed by atoms with E-state index in [2.05, 4.69) is 33.3 Å². The maximum atomic E-state index is 7.50. The maximum absolute atomic E-state index is 7.50. The topological polar surface area (TPSA) is 99.5 Å². The fourth-order valence-electron chi connectivity index (χ4n) is 0. The predicted molar refractivity (Wildman–Crippen MR) is 30.0 cm³/mol. The molecule has 0 heterocycles. The summed E-state index contributed by atoms with van der Waals surface area (Å²) in [5.74, 6) is 0. The molecule has 0 amide bonds. The zero-order valence-corrected chi connectivity index (χ0v) is 9.05. The van der Waals surface area contributed by atoms with Crippen molar-refractivity contribution in [1.82, 2.24) is 0 Å². The van der Waals surface area contributed by atoms with Crippen molar-refractivity contribution in [2.75, 3.05) is 0 Å². The molecule has 0 aliphatic carbocycles. The normalized spacial score (nSPS) is 1.00. The van der Waals surface area contributed by atoms with Crippen molar-refractivity contribution < 1.29 is 40.6 Å². The van der Waals surface area contributed by atoms with Gasteiger partial charge < -0.3 is 0 Å². The van der Waals surface area contributed by atoms with Crippen LogP contribution < -0.4 is 0 Å². The van der Waals surface area contributed by atoms with Crippen LogP contribution in [0.2, 0.25) is 0 Å².